The minimum atomic E-state index is 0.527. The van der Waals surface area contributed by atoms with Gasteiger partial charge in [0.1, 0.15) is 4.64 Å². The topological polar surface area (TPSA) is 29.9 Å². The molecule has 0 aliphatic rings. The van der Waals surface area contributed by atoms with Gasteiger partial charge in [-0.25, -0.2) is 0 Å². The van der Waals surface area contributed by atoms with Crippen molar-refractivity contribution in [3.63, 3.8) is 0 Å². The number of methoxy groups -OCH3 is 1. The van der Waals surface area contributed by atoms with E-state index >= 15 is 0 Å². The second kappa shape index (κ2) is 5.49. The molecular formula is C12H13ClN2OS. The molecule has 0 spiro atoms. The van der Waals surface area contributed by atoms with Crippen LogP contribution in [0.4, 0.5) is 0 Å². The predicted octanol–water partition coefficient (Wildman–Crippen LogP) is 3.39. The van der Waals surface area contributed by atoms with E-state index < -0.39 is 0 Å². The van der Waals surface area contributed by atoms with Crippen LogP contribution in [0.25, 0.3) is 0 Å². The second-order valence-electron chi connectivity index (χ2n) is 3.73. The minimum Gasteiger partial charge on any atom is -0.378 e. The van der Waals surface area contributed by atoms with E-state index in [1.807, 2.05) is 35.0 Å². The summed E-state index contributed by atoms with van der Waals surface area (Å²) in [5.74, 6) is 0. The molecule has 0 amide bonds. The molecule has 0 unspecified atom stereocenters. The van der Waals surface area contributed by atoms with E-state index in [1.54, 1.807) is 7.11 Å². The molecule has 17 heavy (non-hydrogen) atoms. The Labute approximate surface area is 110 Å². The van der Waals surface area contributed by atoms with E-state index in [1.165, 1.54) is 0 Å². The summed E-state index contributed by atoms with van der Waals surface area (Å²) in [5, 5.41) is 3.93. The molecular weight excluding hydrogens is 256 g/mol. The summed E-state index contributed by atoms with van der Waals surface area (Å²) >= 11 is 11.4. The number of H-pyrrole nitrogens is 1. The van der Waals surface area contributed by atoms with Crippen LogP contribution in [0.15, 0.2) is 30.3 Å². The summed E-state index contributed by atoms with van der Waals surface area (Å²) in [6, 6.07) is 9.64. The fourth-order valence-electron chi connectivity index (χ4n) is 1.63. The highest BCUT2D eigenvalue weighted by Gasteiger charge is 2.03. The van der Waals surface area contributed by atoms with Crippen molar-refractivity contribution in [3.05, 3.63) is 51.3 Å². The predicted molar refractivity (Wildman–Crippen MR) is 70.9 cm³/mol. The third kappa shape index (κ3) is 2.97. The molecule has 0 aliphatic heterocycles. The maximum absolute atomic E-state index is 6.11. The number of ether oxygens (including phenoxy) is 1. The van der Waals surface area contributed by atoms with Crippen molar-refractivity contribution in [2.24, 2.45) is 0 Å². The van der Waals surface area contributed by atoms with Crippen LogP contribution in [-0.2, 0) is 17.9 Å². The highest BCUT2D eigenvalue weighted by molar-refractivity contribution is 7.71. The van der Waals surface area contributed by atoms with E-state index in [4.69, 9.17) is 28.6 Å². The lowest BCUT2D eigenvalue weighted by molar-refractivity contribution is 0.181. The van der Waals surface area contributed by atoms with Gasteiger partial charge in [0, 0.05) is 12.1 Å². The number of nitrogens with zero attached hydrogens (tertiary/aromatic N) is 1. The summed E-state index contributed by atoms with van der Waals surface area (Å²) in [4.78, 5) is 0. The van der Waals surface area contributed by atoms with Gasteiger partial charge in [-0.3, -0.25) is 9.78 Å². The van der Waals surface area contributed by atoms with E-state index in [2.05, 4.69) is 5.10 Å². The lowest BCUT2D eigenvalue weighted by atomic mass is 10.2. The van der Waals surface area contributed by atoms with Gasteiger partial charge in [-0.05, 0) is 17.7 Å². The largest absolute Gasteiger partial charge is 0.378 e. The van der Waals surface area contributed by atoms with Gasteiger partial charge in [0.2, 0.25) is 0 Å². The Morgan fingerprint density at radius 2 is 2.18 bits per heavy atom. The maximum Gasteiger partial charge on any atom is 0.122 e. The van der Waals surface area contributed by atoms with Crippen LogP contribution in [0, 0.1) is 4.64 Å². The molecule has 1 aromatic carbocycles. The smallest absolute Gasteiger partial charge is 0.122 e. The third-order valence-electron chi connectivity index (χ3n) is 2.43. The lowest BCUT2D eigenvalue weighted by Crippen LogP contribution is -2.03. The first-order valence-corrected chi connectivity index (χ1v) is 6.00. The van der Waals surface area contributed by atoms with Crippen molar-refractivity contribution >= 4 is 23.8 Å². The highest BCUT2D eigenvalue weighted by Crippen LogP contribution is 2.16. The number of hydrogen-bond donors (Lipinski definition) is 1. The molecule has 0 radical (unpaired) electrons. The summed E-state index contributed by atoms with van der Waals surface area (Å²) in [6.07, 6.45) is 0. The minimum absolute atomic E-state index is 0.527. The van der Waals surface area contributed by atoms with Crippen LogP contribution >= 0.6 is 23.8 Å². The fourth-order valence-corrected chi connectivity index (χ4v) is 2.08. The number of aromatic nitrogens is 2. The number of nitrogens with one attached hydrogen (secondary N) is 1. The third-order valence-corrected chi connectivity index (χ3v) is 3.14. The van der Waals surface area contributed by atoms with Gasteiger partial charge in [0.25, 0.3) is 0 Å². The maximum atomic E-state index is 6.11. The Kier molecular flexibility index (Phi) is 3.99. The number of benzene rings is 1. The zero-order chi connectivity index (χ0) is 12.3. The van der Waals surface area contributed by atoms with Gasteiger partial charge in [0.05, 0.1) is 18.8 Å². The zero-order valence-electron chi connectivity index (χ0n) is 9.44. The Bertz CT molecular complexity index is 562. The molecule has 0 atom stereocenters. The van der Waals surface area contributed by atoms with Gasteiger partial charge in [-0.2, -0.15) is 0 Å². The standard InChI is InChI=1S/C12H13ClN2OS/c1-16-8-10-6-12(17)15(14-10)7-9-4-2-3-5-11(9)13/h2-6,14H,7-8H2,1H3. The van der Waals surface area contributed by atoms with E-state index in [0.29, 0.717) is 13.2 Å². The second-order valence-corrected chi connectivity index (χ2v) is 4.56. The van der Waals surface area contributed by atoms with Crippen molar-refractivity contribution in [2.75, 3.05) is 7.11 Å². The molecule has 0 fully saturated rings. The molecule has 0 bridgehead atoms. The molecule has 3 nitrogen and oxygen atoms in total. The Balaban J connectivity index is 2.24. The first-order chi connectivity index (χ1) is 8.20. The van der Waals surface area contributed by atoms with Crippen LogP contribution in [0.2, 0.25) is 5.02 Å². The molecule has 5 heteroatoms. The zero-order valence-corrected chi connectivity index (χ0v) is 11.0. The van der Waals surface area contributed by atoms with Crippen LogP contribution in [-0.4, -0.2) is 16.9 Å². The van der Waals surface area contributed by atoms with Crippen LogP contribution in [0.3, 0.4) is 0 Å². The van der Waals surface area contributed by atoms with Gasteiger partial charge in [-0.1, -0.05) is 42.0 Å². The van der Waals surface area contributed by atoms with Crippen molar-refractivity contribution in [1.82, 2.24) is 9.78 Å². The van der Waals surface area contributed by atoms with Crippen LogP contribution < -0.4 is 0 Å². The van der Waals surface area contributed by atoms with Crippen molar-refractivity contribution in [1.29, 1.82) is 0 Å². The Morgan fingerprint density at radius 1 is 1.41 bits per heavy atom. The molecule has 2 aromatic rings. The molecule has 1 aromatic heterocycles. The van der Waals surface area contributed by atoms with E-state index in [0.717, 1.165) is 20.9 Å². The monoisotopic (exact) mass is 268 g/mol. The van der Waals surface area contributed by atoms with Gasteiger partial charge in [-0.15, -0.1) is 0 Å². The molecule has 2 rings (SSSR count). The number of hydrogen-bond acceptors (Lipinski definition) is 2. The lowest BCUT2D eigenvalue weighted by Gasteiger charge is -2.05. The normalized spacial score (nSPS) is 10.7. The number of aromatic amines is 1. The quantitative estimate of drug-likeness (QED) is 0.862. The number of rotatable bonds is 4. The number of halogens is 1. The molecule has 90 valence electrons. The summed E-state index contributed by atoms with van der Waals surface area (Å²) in [5.41, 5.74) is 2.00. The fraction of sp³-hybridized carbons (Fsp3) is 0.250. The van der Waals surface area contributed by atoms with Crippen LogP contribution in [0.5, 0.6) is 0 Å². The van der Waals surface area contributed by atoms with E-state index in [9.17, 15) is 0 Å². The van der Waals surface area contributed by atoms with Crippen LogP contribution in [0.1, 0.15) is 11.3 Å². The highest BCUT2D eigenvalue weighted by atomic mass is 35.5. The summed E-state index contributed by atoms with van der Waals surface area (Å²) in [7, 11) is 1.66. The summed E-state index contributed by atoms with van der Waals surface area (Å²) < 4.78 is 7.68. The van der Waals surface area contributed by atoms with Gasteiger partial charge >= 0.3 is 0 Å². The van der Waals surface area contributed by atoms with Crippen molar-refractivity contribution in [2.45, 2.75) is 13.2 Å². The Hall–Kier alpha value is -1.10. The van der Waals surface area contributed by atoms with Crippen molar-refractivity contribution in [3.8, 4) is 0 Å². The average Bonchev–Trinajstić information content (AvgIpc) is 2.63. The molecule has 1 heterocycles. The van der Waals surface area contributed by atoms with Gasteiger partial charge < -0.3 is 4.74 Å². The van der Waals surface area contributed by atoms with E-state index in [-0.39, 0.29) is 0 Å². The first-order valence-electron chi connectivity index (χ1n) is 5.22. The molecule has 0 saturated heterocycles. The average molecular weight is 269 g/mol. The van der Waals surface area contributed by atoms with Gasteiger partial charge in [0.15, 0.2) is 0 Å². The molecule has 1 N–H and O–H groups in total. The SMILES string of the molecule is COCc1cc(=S)n(Cc2ccccc2Cl)[nH]1. The Morgan fingerprint density at radius 3 is 2.88 bits per heavy atom. The summed E-state index contributed by atoms with van der Waals surface area (Å²) in [6.45, 7) is 1.17. The molecule has 0 aliphatic carbocycles. The van der Waals surface area contributed by atoms with Crippen molar-refractivity contribution < 1.29 is 4.74 Å². The first kappa shape index (κ1) is 12.4. The molecule has 0 saturated carbocycles.